The average molecular weight is 379 g/mol. The van der Waals surface area contributed by atoms with Crippen molar-refractivity contribution in [3.63, 3.8) is 0 Å². The van der Waals surface area contributed by atoms with Crippen molar-refractivity contribution < 1.29 is 13.2 Å². The number of pyridine rings is 1. The van der Waals surface area contributed by atoms with Gasteiger partial charge >= 0.3 is 6.18 Å². The SMILES string of the molecule is CC.FC(F)(F)c1ccc(NSc2c[nH]cc2Cc2ccccc2)cn1. The van der Waals surface area contributed by atoms with E-state index in [9.17, 15) is 13.2 Å². The number of hydrogen-bond donors (Lipinski definition) is 2. The van der Waals surface area contributed by atoms with Crippen molar-refractivity contribution in [2.45, 2.75) is 31.3 Å². The number of aromatic nitrogens is 2. The third-order valence-electron chi connectivity index (χ3n) is 3.36. The minimum absolute atomic E-state index is 0.514. The zero-order valence-corrected chi connectivity index (χ0v) is 15.3. The molecule has 1 aromatic carbocycles. The van der Waals surface area contributed by atoms with Crippen molar-refractivity contribution in [3.8, 4) is 0 Å². The molecule has 3 aromatic rings. The van der Waals surface area contributed by atoms with Gasteiger partial charge in [-0.1, -0.05) is 44.2 Å². The molecule has 138 valence electrons. The van der Waals surface area contributed by atoms with Crippen LogP contribution in [0.3, 0.4) is 0 Å². The lowest BCUT2D eigenvalue weighted by atomic mass is 10.1. The predicted molar refractivity (Wildman–Crippen MR) is 100 cm³/mol. The summed E-state index contributed by atoms with van der Waals surface area (Å²) in [4.78, 5) is 7.48. The Hall–Kier alpha value is -2.41. The van der Waals surface area contributed by atoms with Gasteiger partial charge in [0, 0.05) is 23.7 Å². The Labute approximate surface area is 155 Å². The molecule has 0 saturated carbocycles. The van der Waals surface area contributed by atoms with Crippen molar-refractivity contribution in [2.75, 3.05) is 4.72 Å². The molecule has 0 aliphatic carbocycles. The van der Waals surface area contributed by atoms with E-state index in [-0.39, 0.29) is 0 Å². The Kier molecular flexibility index (Phi) is 7.15. The van der Waals surface area contributed by atoms with Gasteiger partial charge in [0.25, 0.3) is 0 Å². The lowest BCUT2D eigenvalue weighted by molar-refractivity contribution is -0.141. The number of halogens is 3. The van der Waals surface area contributed by atoms with Gasteiger partial charge in [0.1, 0.15) is 5.69 Å². The van der Waals surface area contributed by atoms with Gasteiger partial charge in [-0.05, 0) is 35.2 Å². The van der Waals surface area contributed by atoms with Crippen LogP contribution in [0.4, 0.5) is 18.9 Å². The monoisotopic (exact) mass is 379 g/mol. The maximum Gasteiger partial charge on any atom is 0.433 e. The number of alkyl halides is 3. The Bertz CT molecular complexity index is 784. The Balaban J connectivity index is 0.00000117. The summed E-state index contributed by atoms with van der Waals surface area (Å²) in [5.41, 5.74) is 1.91. The van der Waals surface area contributed by atoms with Crippen LogP contribution in [-0.2, 0) is 12.6 Å². The molecule has 0 bridgehead atoms. The molecule has 0 aliphatic rings. The van der Waals surface area contributed by atoms with Crippen molar-refractivity contribution >= 4 is 17.6 Å². The zero-order chi connectivity index (χ0) is 19.0. The third kappa shape index (κ3) is 5.56. The minimum atomic E-state index is -4.42. The molecule has 0 radical (unpaired) electrons. The molecule has 0 spiro atoms. The quantitative estimate of drug-likeness (QED) is 0.521. The van der Waals surface area contributed by atoms with Crippen LogP contribution in [0.1, 0.15) is 30.7 Å². The van der Waals surface area contributed by atoms with Gasteiger partial charge in [0.2, 0.25) is 0 Å². The third-order valence-corrected chi connectivity index (χ3v) is 4.30. The van der Waals surface area contributed by atoms with E-state index in [4.69, 9.17) is 0 Å². The Morgan fingerprint density at radius 1 is 1.04 bits per heavy atom. The van der Waals surface area contributed by atoms with E-state index in [1.807, 2.05) is 44.4 Å². The molecule has 0 atom stereocenters. The van der Waals surface area contributed by atoms with E-state index in [2.05, 4.69) is 26.8 Å². The largest absolute Gasteiger partial charge is 0.433 e. The lowest BCUT2D eigenvalue weighted by Crippen LogP contribution is -2.07. The molecule has 2 N–H and O–H groups in total. The number of nitrogens with zero attached hydrogens (tertiary/aromatic N) is 1. The fourth-order valence-electron chi connectivity index (χ4n) is 2.17. The summed E-state index contributed by atoms with van der Waals surface area (Å²) in [5.74, 6) is 0. The van der Waals surface area contributed by atoms with Crippen LogP contribution in [0.5, 0.6) is 0 Å². The van der Waals surface area contributed by atoms with E-state index in [0.29, 0.717) is 5.69 Å². The summed E-state index contributed by atoms with van der Waals surface area (Å²) in [6.45, 7) is 4.00. The van der Waals surface area contributed by atoms with Crippen molar-refractivity contribution in [3.05, 3.63) is 77.9 Å². The fourth-order valence-corrected chi connectivity index (χ4v) is 2.90. The molecule has 26 heavy (non-hydrogen) atoms. The first kappa shape index (κ1) is 19.9. The van der Waals surface area contributed by atoms with Gasteiger partial charge < -0.3 is 9.71 Å². The van der Waals surface area contributed by atoms with E-state index in [1.54, 1.807) is 0 Å². The second-order valence-corrected chi connectivity index (χ2v) is 5.99. The van der Waals surface area contributed by atoms with Gasteiger partial charge in [0.05, 0.1) is 11.9 Å². The summed E-state index contributed by atoms with van der Waals surface area (Å²) < 4.78 is 40.5. The second kappa shape index (κ2) is 9.33. The van der Waals surface area contributed by atoms with E-state index in [0.717, 1.165) is 22.9 Å². The van der Waals surface area contributed by atoms with E-state index < -0.39 is 11.9 Å². The molecule has 0 unspecified atom stereocenters. The van der Waals surface area contributed by atoms with Crippen LogP contribution in [0.15, 0.2) is 66.0 Å². The topological polar surface area (TPSA) is 40.7 Å². The van der Waals surface area contributed by atoms with Gasteiger partial charge in [0.15, 0.2) is 0 Å². The fraction of sp³-hybridized carbons (Fsp3) is 0.211. The average Bonchev–Trinajstić information content (AvgIpc) is 3.09. The minimum Gasteiger partial charge on any atom is -0.366 e. The van der Waals surface area contributed by atoms with Crippen molar-refractivity contribution in [1.29, 1.82) is 0 Å². The Morgan fingerprint density at radius 2 is 1.77 bits per heavy atom. The van der Waals surface area contributed by atoms with Gasteiger partial charge in [-0.3, -0.25) is 0 Å². The highest BCUT2D eigenvalue weighted by Crippen LogP contribution is 2.29. The zero-order valence-electron chi connectivity index (χ0n) is 14.5. The number of benzene rings is 1. The van der Waals surface area contributed by atoms with Crippen LogP contribution >= 0.6 is 11.9 Å². The van der Waals surface area contributed by atoms with Gasteiger partial charge in [-0.2, -0.15) is 13.2 Å². The maximum absolute atomic E-state index is 12.5. The highest BCUT2D eigenvalue weighted by molar-refractivity contribution is 8.00. The lowest BCUT2D eigenvalue weighted by Gasteiger charge is -2.08. The summed E-state index contributed by atoms with van der Waals surface area (Å²) >= 11 is 1.34. The standard InChI is InChI=1S/C17H14F3N3S.C2H6/c18-17(19,20)16-7-6-14(10-22-16)23-24-15-11-21-9-13(15)8-12-4-2-1-3-5-12;1-2/h1-7,9-11,21,23H,8H2;1-2H3. The van der Waals surface area contributed by atoms with Gasteiger partial charge in [-0.15, -0.1) is 0 Å². The normalized spacial score (nSPS) is 10.8. The first-order valence-corrected chi connectivity index (χ1v) is 9.00. The second-order valence-electron chi connectivity index (χ2n) is 5.14. The molecular weight excluding hydrogens is 359 g/mol. The summed E-state index contributed by atoms with van der Waals surface area (Å²) in [6, 6.07) is 12.4. The molecule has 0 aliphatic heterocycles. The number of hydrogen-bond acceptors (Lipinski definition) is 3. The molecule has 0 fully saturated rings. The number of H-pyrrole nitrogens is 1. The predicted octanol–water partition coefficient (Wildman–Crippen LogP) is 6.16. The number of anilines is 1. The maximum atomic E-state index is 12.5. The summed E-state index contributed by atoms with van der Waals surface area (Å²) in [6.07, 6.45) is 1.31. The van der Waals surface area contributed by atoms with Crippen LogP contribution in [0.25, 0.3) is 0 Å². The highest BCUT2D eigenvalue weighted by Gasteiger charge is 2.32. The van der Waals surface area contributed by atoms with Crippen LogP contribution in [0, 0.1) is 0 Å². The summed E-state index contributed by atoms with van der Waals surface area (Å²) in [5, 5.41) is 0. The molecule has 7 heteroatoms. The first-order chi connectivity index (χ1) is 12.5. The first-order valence-electron chi connectivity index (χ1n) is 8.18. The molecule has 3 rings (SSSR count). The van der Waals surface area contributed by atoms with E-state index in [1.165, 1.54) is 29.8 Å². The molecule has 0 amide bonds. The highest BCUT2D eigenvalue weighted by atomic mass is 32.2. The Morgan fingerprint density at radius 3 is 2.38 bits per heavy atom. The van der Waals surface area contributed by atoms with E-state index >= 15 is 0 Å². The molecule has 0 saturated heterocycles. The van der Waals surface area contributed by atoms with Crippen LogP contribution in [-0.4, -0.2) is 9.97 Å². The van der Waals surface area contributed by atoms with Crippen LogP contribution < -0.4 is 4.72 Å². The van der Waals surface area contributed by atoms with Gasteiger partial charge in [-0.25, -0.2) is 4.98 Å². The van der Waals surface area contributed by atoms with Crippen molar-refractivity contribution in [1.82, 2.24) is 9.97 Å². The number of rotatable bonds is 5. The molecular formula is C19H20F3N3S. The molecule has 2 heterocycles. The molecule has 3 nitrogen and oxygen atoms in total. The van der Waals surface area contributed by atoms with Crippen LogP contribution in [0.2, 0.25) is 0 Å². The van der Waals surface area contributed by atoms with Crippen molar-refractivity contribution in [2.24, 2.45) is 0 Å². The number of aromatic amines is 1. The smallest absolute Gasteiger partial charge is 0.366 e. The molecule has 2 aromatic heterocycles. The summed E-state index contributed by atoms with van der Waals surface area (Å²) in [7, 11) is 0. The number of nitrogens with one attached hydrogen (secondary N) is 2.